The van der Waals surface area contributed by atoms with Gasteiger partial charge in [-0.1, -0.05) is 12.1 Å². The second-order valence-corrected chi connectivity index (χ2v) is 5.42. The van der Waals surface area contributed by atoms with Crippen LogP contribution in [0.25, 0.3) is 0 Å². The average molecular weight is 307 g/mol. The molecule has 2 aromatic rings. The van der Waals surface area contributed by atoms with Crippen molar-refractivity contribution in [3.05, 3.63) is 51.5 Å². The van der Waals surface area contributed by atoms with E-state index in [0.29, 0.717) is 4.88 Å². The number of thiophene rings is 1. The molecular weight excluding hydrogens is 293 g/mol. The fraction of sp³-hybridized carbons (Fsp3) is 0.143. The highest BCUT2D eigenvalue weighted by atomic mass is 32.1. The van der Waals surface area contributed by atoms with Gasteiger partial charge in [0.2, 0.25) is 0 Å². The van der Waals surface area contributed by atoms with Crippen LogP contribution in [0.15, 0.2) is 35.5 Å². The van der Waals surface area contributed by atoms with Gasteiger partial charge in [-0.2, -0.15) is 0 Å². The molecule has 0 atom stereocenters. The van der Waals surface area contributed by atoms with Crippen LogP contribution in [0.4, 0.5) is 10.1 Å². The number of carbonyl (C=O) groups is 1. The van der Waals surface area contributed by atoms with Gasteiger partial charge in [0.25, 0.3) is 5.91 Å². The molecule has 0 unspecified atom stereocenters. The van der Waals surface area contributed by atoms with Gasteiger partial charge < -0.3 is 16.3 Å². The van der Waals surface area contributed by atoms with E-state index in [9.17, 15) is 9.18 Å². The molecule has 7 heteroatoms. The first kappa shape index (κ1) is 15.0. The third kappa shape index (κ3) is 3.38. The van der Waals surface area contributed by atoms with E-state index in [4.69, 9.17) is 10.9 Å². The van der Waals surface area contributed by atoms with Crippen molar-refractivity contribution in [3.63, 3.8) is 0 Å². The number of carbonyl (C=O) groups excluding carboxylic acids is 1. The maximum atomic E-state index is 13.9. The van der Waals surface area contributed by atoms with Gasteiger partial charge >= 0.3 is 0 Å². The molecule has 110 valence electrons. The molecule has 1 amide bonds. The quantitative estimate of drug-likeness (QED) is 0.351. The Kier molecular flexibility index (Phi) is 4.54. The smallest absolute Gasteiger partial charge is 0.265 e. The van der Waals surface area contributed by atoms with Crippen molar-refractivity contribution >= 4 is 28.8 Å². The summed E-state index contributed by atoms with van der Waals surface area (Å²) in [6, 6.07) is 7.50. The number of nitrogens with two attached hydrogens (primary N) is 1. The van der Waals surface area contributed by atoms with Gasteiger partial charge in [0.1, 0.15) is 5.82 Å². The first-order valence-electron chi connectivity index (χ1n) is 6.22. The lowest BCUT2D eigenvalue weighted by Gasteiger charge is -2.06. The Morgan fingerprint density at radius 3 is 2.76 bits per heavy atom. The molecule has 1 aromatic carbocycles. The largest absolute Gasteiger partial charge is 0.409 e. The van der Waals surface area contributed by atoms with Crippen LogP contribution in [0.5, 0.6) is 0 Å². The fourth-order valence-corrected chi connectivity index (χ4v) is 2.55. The predicted octanol–water partition coefficient (Wildman–Crippen LogP) is 2.80. The Bertz CT molecular complexity index is 697. The molecule has 0 saturated carbocycles. The summed E-state index contributed by atoms with van der Waals surface area (Å²) in [5, 5.41) is 13.8. The van der Waals surface area contributed by atoms with Gasteiger partial charge in [-0.15, -0.1) is 11.3 Å². The number of anilines is 1. The molecule has 0 bridgehead atoms. The van der Waals surface area contributed by atoms with Crippen molar-refractivity contribution < 1.29 is 14.4 Å². The summed E-state index contributed by atoms with van der Waals surface area (Å²) in [5.41, 5.74) is 5.65. The van der Waals surface area contributed by atoms with Crippen LogP contribution < -0.4 is 11.1 Å². The highest BCUT2D eigenvalue weighted by Crippen LogP contribution is 2.20. The number of amides is 1. The molecule has 0 saturated heterocycles. The monoisotopic (exact) mass is 307 g/mol. The summed E-state index contributed by atoms with van der Waals surface area (Å²) in [6.07, 6.45) is 0.848. The lowest BCUT2D eigenvalue weighted by molar-refractivity contribution is 0.103. The summed E-state index contributed by atoms with van der Waals surface area (Å²) in [6.45, 7) is 2.00. The Hall–Kier alpha value is -2.41. The zero-order valence-electron chi connectivity index (χ0n) is 11.3. The van der Waals surface area contributed by atoms with E-state index in [1.54, 1.807) is 6.07 Å². The second kappa shape index (κ2) is 6.36. The molecule has 1 aromatic heterocycles. The minimum absolute atomic E-state index is 0.0425. The molecular formula is C14H14FN3O2S. The molecule has 0 aliphatic rings. The predicted molar refractivity (Wildman–Crippen MR) is 80.6 cm³/mol. The van der Waals surface area contributed by atoms with Crippen LogP contribution in [0, 0.1) is 5.82 Å². The van der Waals surface area contributed by atoms with E-state index < -0.39 is 5.82 Å². The summed E-state index contributed by atoms with van der Waals surface area (Å²) in [5.74, 6) is -1.22. The van der Waals surface area contributed by atoms with Crippen molar-refractivity contribution in [2.24, 2.45) is 10.9 Å². The number of hydrogen-bond donors (Lipinski definition) is 3. The summed E-state index contributed by atoms with van der Waals surface area (Å²) >= 11 is 1.37. The van der Waals surface area contributed by atoms with E-state index in [-0.39, 0.29) is 23.0 Å². The summed E-state index contributed by atoms with van der Waals surface area (Å²) in [7, 11) is 0. The minimum atomic E-state index is -0.653. The first-order chi connectivity index (χ1) is 10.0. The number of aryl methyl sites for hydroxylation is 1. The van der Waals surface area contributed by atoms with Crippen LogP contribution in [0.3, 0.4) is 0 Å². The molecule has 5 nitrogen and oxygen atoms in total. The van der Waals surface area contributed by atoms with Crippen molar-refractivity contribution in [2.45, 2.75) is 13.3 Å². The van der Waals surface area contributed by atoms with E-state index in [0.717, 1.165) is 17.4 Å². The van der Waals surface area contributed by atoms with E-state index in [1.165, 1.54) is 23.5 Å². The standard InChI is InChI=1S/C14H14FN3O2S/c1-2-9-4-6-12(21-9)14(19)17-11-5-3-8(7-10(11)15)13(16)18-20/h3-7,20H,2H2,1H3,(H2,16,18)(H,17,19). The minimum Gasteiger partial charge on any atom is -0.409 e. The second-order valence-electron chi connectivity index (χ2n) is 4.25. The van der Waals surface area contributed by atoms with Crippen molar-refractivity contribution in [1.82, 2.24) is 0 Å². The van der Waals surface area contributed by atoms with Crippen LogP contribution in [0.2, 0.25) is 0 Å². The number of halogens is 1. The molecule has 0 radical (unpaired) electrons. The SMILES string of the molecule is CCc1ccc(C(=O)Nc2ccc(/C(N)=N/O)cc2F)s1. The molecule has 21 heavy (non-hydrogen) atoms. The third-order valence-corrected chi connectivity index (χ3v) is 4.08. The van der Waals surface area contributed by atoms with Crippen LogP contribution in [-0.4, -0.2) is 17.0 Å². The molecule has 1 heterocycles. The maximum Gasteiger partial charge on any atom is 0.265 e. The first-order valence-corrected chi connectivity index (χ1v) is 7.04. The number of nitrogens with one attached hydrogen (secondary N) is 1. The number of benzene rings is 1. The van der Waals surface area contributed by atoms with Crippen LogP contribution in [0.1, 0.15) is 27.0 Å². The zero-order chi connectivity index (χ0) is 15.4. The third-order valence-electron chi connectivity index (χ3n) is 2.85. The molecule has 0 aliphatic carbocycles. The molecule has 0 spiro atoms. The van der Waals surface area contributed by atoms with Gasteiger partial charge in [-0.3, -0.25) is 4.79 Å². The Labute approximate surface area is 124 Å². The van der Waals surface area contributed by atoms with Crippen molar-refractivity contribution in [2.75, 3.05) is 5.32 Å². The van der Waals surface area contributed by atoms with Gasteiger partial charge in [-0.25, -0.2) is 4.39 Å². The van der Waals surface area contributed by atoms with Crippen molar-refractivity contribution in [3.8, 4) is 0 Å². The zero-order valence-corrected chi connectivity index (χ0v) is 12.1. The number of amidine groups is 1. The number of nitrogens with zero attached hydrogens (tertiary/aromatic N) is 1. The molecule has 0 fully saturated rings. The lowest BCUT2D eigenvalue weighted by Crippen LogP contribution is -2.15. The maximum absolute atomic E-state index is 13.9. The van der Waals surface area contributed by atoms with Gasteiger partial charge in [0, 0.05) is 10.4 Å². The Balaban J connectivity index is 2.18. The molecule has 0 aliphatic heterocycles. The summed E-state index contributed by atoms with van der Waals surface area (Å²) < 4.78 is 13.9. The van der Waals surface area contributed by atoms with Crippen molar-refractivity contribution in [1.29, 1.82) is 0 Å². The summed E-state index contributed by atoms with van der Waals surface area (Å²) in [4.78, 5) is 13.6. The number of oxime groups is 1. The fourth-order valence-electron chi connectivity index (χ4n) is 1.71. The normalized spacial score (nSPS) is 11.4. The number of hydrogen-bond acceptors (Lipinski definition) is 4. The van der Waals surface area contributed by atoms with E-state index >= 15 is 0 Å². The lowest BCUT2D eigenvalue weighted by atomic mass is 10.2. The van der Waals surface area contributed by atoms with Crippen LogP contribution >= 0.6 is 11.3 Å². The Morgan fingerprint density at radius 2 is 2.19 bits per heavy atom. The molecule has 4 N–H and O–H groups in total. The van der Waals surface area contributed by atoms with Gasteiger partial charge in [0.15, 0.2) is 5.84 Å². The van der Waals surface area contributed by atoms with E-state index in [1.807, 2.05) is 13.0 Å². The van der Waals surface area contributed by atoms with Gasteiger partial charge in [-0.05, 0) is 36.8 Å². The van der Waals surface area contributed by atoms with Crippen LogP contribution in [-0.2, 0) is 6.42 Å². The molecule has 2 rings (SSSR count). The Morgan fingerprint density at radius 1 is 1.43 bits per heavy atom. The average Bonchev–Trinajstić information content (AvgIpc) is 2.97. The highest BCUT2D eigenvalue weighted by Gasteiger charge is 2.12. The topological polar surface area (TPSA) is 87.7 Å². The highest BCUT2D eigenvalue weighted by molar-refractivity contribution is 7.14. The number of rotatable bonds is 4. The van der Waals surface area contributed by atoms with Gasteiger partial charge in [0.05, 0.1) is 10.6 Å². The van der Waals surface area contributed by atoms with E-state index in [2.05, 4.69) is 10.5 Å².